The van der Waals surface area contributed by atoms with E-state index in [2.05, 4.69) is 16.1 Å². The molecule has 68 valence electrons. The lowest BCUT2D eigenvalue weighted by Gasteiger charge is -2.24. The molecule has 1 unspecified atom stereocenters. The third-order valence-corrected chi connectivity index (χ3v) is 1.24. The molecule has 12 heavy (non-hydrogen) atoms. The minimum atomic E-state index is -4.55. The molecule has 0 N–H and O–H groups in total. The van der Waals surface area contributed by atoms with Crippen molar-refractivity contribution in [1.82, 2.24) is 0 Å². The van der Waals surface area contributed by atoms with Crippen molar-refractivity contribution in [2.24, 2.45) is 0 Å². The van der Waals surface area contributed by atoms with Gasteiger partial charge in [0.25, 0.3) is 0 Å². The van der Waals surface area contributed by atoms with Gasteiger partial charge in [-0.05, 0) is 0 Å². The number of halogens is 3. The third-order valence-electron chi connectivity index (χ3n) is 1.24. The smallest absolute Gasteiger partial charge is 0.421 e. The maximum Gasteiger partial charge on any atom is 0.514 e. The van der Waals surface area contributed by atoms with Crippen LogP contribution in [0.25, 0.3) is 0 Å². The molecule has 1 atom stereocenters. The van der Waals surface area contributed by atoms with Crippen LogP contribution in [0.2, 0.25) is 0 Å². The van der Waals surface area contributed by atoms with E-state index in [4.69, 9.17) is 0 Å². The first-order chi connectivity index (χ1) is 5.39. The van der Waals surface area contributed by atoms with E-state index in [1.54, 1.807) is 0 Å². The molecule has 0 amide bonds. The Hall–Kier alpha value is -1.20. The van der Waals surface area contributed by atoms with Gasteiger partial charge in [-0.15, -0.1) is 0 Å². The highest BCUT2D eigenvalue weighted by molar-refractivity contribution is 5.62. The highest BCUT2D eigenvalue weighted by Gasteiger charge is 2.46. The molecular weight excluding hydrogens is 177 g/mol. The fourth-order valence-corrected chi connectivity index (χ4v) is 0.731. The standard InChI is InChI=1S/C6H5F3O3/c1-3-2-4(6(7,8)9)12-5(10)11-3/h4H,1-2H2. The van der Waals surface area contributed by atoms with Crippen molar-refractivity contribution >= 4 is 6.16 Å². The van der Waals surface area contributed by atoms with Gasteiger partial charge in [-0.2, -0.15) is 13.2 Å². The molecule has 0 aromatic rings. The van der Waals surface area contributed by atoms with Gasteiger partial charge < -0.3 is 9.47 Å². The maximum atomic E-state index is 11.9. The fourth-order valence-electron chi connectivity index (χ4n) is 0.731. The number of rotatable bonds is 0. The Morgan fingerprint density at radius 1 is 1.50 bits per heavy atom. The molecule has 1 rings (SSSR count). The Balaban J connectivity index is 2.68. The summed E-state index contributed by atoms with van der Waals surface area (Å²) in [6.45, 7) is 3.11. The molecule has 1 aliphatic heterocycles. The van der Waals surface area contributed by atoms with Crippen LogP contribution in [0.3, 0.4) is 0 Å². The van der Waals surface area contributed by atoms with Crippen LogP contribution in [-0.2, 0) is 9.47 Å². The van der Waals surface area contributed by atoms with Crippen LogP contribution in [0.5, 0.6) is 0 Å². The summed E-state index contributed by atoms with van der Waals surface area (Å²) in [6.07, 6.45) is -8.56. The summed E-state index contributed by atoms with van der Waals surface area (Å²) in [5, 5.41) is 0. The van der Waals surface area contributed by atoms with Gasteiger partial charge in [0.15, 0.2) is 0 Å². The lowest BCUT2D eigenvalue weighted by molar-refractivity contribution is -0.216. The van der Waals surface area contributed by atoms with E-state index < -0.39 is 24.9 Å². The summed E-state index contributed by atoms with van der Waals surface area (Å²) in [5.74, 6) is -0.228. The van der Waals surface area contributed by atoms with Gasteiger partial charge in [0.2, 0.25) is 6.10 Å². The number of alkyl halides is 3. The zero-order chi connectivity index (χ0) is 9.35. The Bertz CT molecular complexity index is 205. The molecule has 1 aliphatic rings. The summed E-state index contributed by atoms with van der Waals surface area (Å²) in [6, 6.07) is 0. The van der Waals surface area contributed by atoms with E-state index in [-0.39, 0.29) is 5.76 Å². The van der Waals surface area contributed by atoms with Crippen LogP contribution in [0.1, 0.15) is 6.42 Å². The van der Waals surface area contributed by atoms with Crippen molar-refractivity contribution in [1.29, 1.82) is 0 Å². The zero-order valence-electron chi connectivity index (χ0n) is 5.85. The lowest BCUT2D eigenvalue weighted by Crippen LogP contribution is -2.37. The van der Waals surface area contributed by atoms with Gasteiger partial charge in [0, 0.05) is 0 Å². The quantitative estimate of drug-likeness (QED) is 0.537. The van der Waals surface area contributed by atoms with Crippen LogP contribution in [0, 0.1) is 0 Å². The minimum absolute atomic E-state index is 0.228. The van der Waals surface area contributed by atoms with Gasteiger partial charge >= 0.3 is 12.3 Å². The van der Waals surface area contributed by atoms with Crippen molar-refractivity contribution in [3.05, 3.63) is 12.3 Å². The van der Waals surface area contributed by atoms with Crippen molar-refractivity contribution in [2.75, 3.05) is 0 Å². The van der Waals surface area contributed by atoms with Crippen LogP contribution in [-0.4, -0.2) is 18.4 Å². The monoisotopic (exact) mass is 182 g/mol. The van der Waals surface area contributed by atoms with Gasteiger partial charge in [-0.25, -0.2) is 4.79 Å². The topological polar surface area (TPSA) is 35.5 Å². The first-order valence-electron chi connectivity index (χ1n) is 3.02. The highest BCUT2D eigenvalue weighted by Crippen LogP contribution is 2.30. The molecular formula is C6H5F3O3. The summed E-state index contributed by atoms with van der Waals surface area (Å²) < 4.78 is 43.8. The second-order valence-corrected chi connectivity index (χ2v) is 2.24. The van der Waals surface area contributed by atoms with E-state index in [1.807, 2.05) is 0 Å². The molecule has 0 aromatic heterocycles. The first kappa shape index (κ1) is 8.89. The van der Waals surface area contributed by atoms with Gasteiger partial charge in [-0.3, -0.25) is 0 Å². The summed E-state index contributed by atoms with van der Waals surface area (Å²) >= 11 is 0. The second-order valence-electron chi connectivity index (χ2n) is 2.24. The molecule has 6 heteroatoms. The molecule has 1 saturated heterocycles. The number of hydrogen-bond donors (Lipinski definition) is 0. The van der Waals surface area contributed by atoms with Crippen LogP contribution in [0.15, 0.2) is 12.3 Å². The van der Waals surface area contributed by atoms with Gasteiger partial charge in [0.1, 0.15) is 5.76 Å². The fraction of sp³-hybridized carbons (Fsp3) is 0.500. The van der Waals surface area contributed by atoms with Crippen LogP contribution >= 0.6 is 0 Å². The number of carbonyl (C=O) groups is 1. The van der Waals surface area contributed by atoms with E-state index in [0.29, 0.717) is 0 Å². The van der Waals surface area contributed by atoms with Gasteiger partial charge in [0.05, 0.1) is 6.42 Å². The molecule has 0 bridgehead atoms. The number of hydrogen-bond acceptors (Lipinski definition) is 3. The summed E-state index contributed by atoms with van der Waals surface area (Å²) in [4.78, 5) is 10.3. The molecule has 0 saturated carbocycles. The molecule has 0 aromatic carbocycles. The lowest BCUT2D eigenvalue weighted by atomic mass is 10.2. The molecule has 0 spiro atoms. The average molecular weight is 182 g/mol. The van der Waals surface area contributed by atoms with E-state index in [9.17, 15) is 18.0 Å². The van der Waals surface area contributed by atoms with Crippen molar-refractivity contribution < 1.29 is 27.4 Å². The summed E-state index contributed by atoms with van der Waals surface area (Å²) in [7, 11) is 0. The minimum Gasteiger partial charge on any atom is -0.421 e. The normalized spacial score (nSPS) is 24.8. The van der Waals surface area contributed by atoms with Crippen LogP contribution in [0.4, 0.5) is 18.0 Å². The molecule has 1 fully saturated rings. The number of cyclic esters (lactones) is 2. The average Bonchev–Trinajstić information content (AvgIpc) is 1.82. The molecule has 3 nitrogen and oxygen atoms in total. The number of ether oxygens (including phenoxy) is 2. The Morgan fingerprint density at radius 2 is 2.08 bits per heavy atom. The Kier molecular flexibility index (Phi) is 1.99. The summed E-state index contributed by atoms with van der Waals surface area (Å²) in [5.41, 5.74) is 0. The van der Waals surface area contributed by atoms with E-state index >= 15 is 0 Å². The largest absolute Gasteiger partial charge is 0.514 e. The van der Waals surface area contributed by atoms with Crippen molar-refractivity contribution in [2.45, 2.75) is 18.7 Å². The third kappa shape index (κ3) is 1.90. The van der Waals surface area contributed by atoms with Crippen LogP contribution < -0.4 is 0 Å². The zero-order valence-corrected chi connectivity index (χ0v) is 5.85. The maximum absolute atomic E-state index is 11.9. The molecule has 0 aliphatic carbocycles. The Labute approximate surface area is 65.8 Å². The van der Waals surface area contributed by atoms with Crippen molar-refractivity contribution in [3.8, 4) is 0 Å². The van der Waals surface area contributed by atoms with Crippen molar-refractivity contribution in [3.63, 3.8) is 0 Å². The van der Waals surface area contributed by atoms with E-state index in [0.717, 1.165) is 0 Å². The predicted molar refractivity (Wildman–Crippen MR) is 31.2 cm³/mol. The Morgan fingerprint density at radius 3 is 2.50 bits per heavy atom. The van der Waals surface area contributed by atoms with Gasteiger partial charge in [-0.1, -0.05) is 6.58 Å². The first-order valence-corrected chi connectivity index (χ1v) is 3.02. The SMILES string of the molecule is C=C1CC(C(F)(F)F)OC(=O)O1. The molecule has 0 radical (unpaired) electrons. The van der Waals surface area contributed by atoms with E-state index in [1.165, 1.54) is 0 Å². The highest BCUT2D eigenvalue weighted by atomic mass is 19.4. The predicted octanol–water partition coefficient (Wildman–Crippen LogP) is 1.99. The molecule has 1 heterocycles. The second kappa shape index (κ2) is 2.69. The number of carbonyl (C=O) groups excluding carboxylic acids is 1.